The third kappa shape index (κ3) is 7.72. The Bertz CT molecular complexity index is 1980. The third-order valence-electron chi connectivity index (χ3n) is 7.38. The second-order valence-electron chi connectivity index (χ2n) is 10.8. The van der Waals surface area contributed by atoms with E-state index in [1.165, 1.54) is 18.2 Å². The van der Waals surface area contributed by atoms with Gasteiger partial charge in [-0.3, -0.25) is 0 Å². The van der Waals surface area contributed by atoms with Gasteiger partial charge in [0.25, 0.3) is 0 Å². The summed E-state index contributed by atoms with van der Waals surface area (Å²) in [7, 11) is 0. The van der Waals surface area contributed by atoms with E-state index in [1.807, 2.05) is 0 Å². The second-order valence-corrected chi connectivity index (χ2v) is 16.5. The van der Waals surface area contributed by atoms with Crippen molar-refractivity contribution >= 4 is 12.2 Å². The number of aromatic nitrogens is 3. The Kier molecular flexibility index (Phi) is 9.74. The molecule has 0 atom stereocenters. The molecule has 0 aliphatic carbocycles. The fraction of sp³-hybridized carbons (Fsp3) is 0.0833. The minimum absolute atomic E-state index is 0.0322. The molecule has 52 heavy (non-hydrogen) atoms. The fourth-order valence-corrected chi connectivity index (χ4v) is 12.5. The summed E-state index contributed by atoms with van der Waals surface area (Å²) in [6, 6.07) is 14.8. The summed E-state index contributed by atoms with van der Waals surface area (Å²) in [4.78, 5) is 11.8. The van der Waals surface area contributed by atoms with Crippen LogP contribution in [0.4, 0.5) is 52.7 Å². The zero-order valence-corrected chi connectivity index (χ0v) is 28.0. The van der Waals surface area contributed by atoms with Gasteiger partial charge in [0.15, 0.2) is 0 Å². The van der Waals surface area contributed by atoms with Gasteiger partial charge in [-0.15, -0.1) is 0 Å². The molecule has 3 aromatic carbocycles. The third-order valence-corrected chi connectivity index (χ3v) is 14.2. The molecular formula is C36H18F12IrN3. The quantitative estimate of drug-likeness (QED) is 0.157. The van der Waals surface area contributed by atoms with Gasteiger partial charge in [-0.1, -0.05) is 0 Å². The summed E-state index contributed by atoms with van der Waals surface area (Å²) in [5.74, 6) is -2.61. The van der Waals surface area contributed by atoms with Gasteiger partial charge in [0.1, 0.15) is 0 Å². The van der Waals surface area contributed by atoms with Gasteiger partial charge in [0.05, 0.1) is 0 Å². The molecule has 0 saturated carbocycles. The average Bonchev–Trinajstić information content (AvgIpc) is 3.08. The van der Waals surface area contributed by atoms with Crippen LogP contribution in [0.5, 0.6) is 0 Å². The van der Waals surface area contributed by atoms with Crippen molar-refractivity contribution in [3.8, 4) is 33.8 Å². The van der Waals surface area contributed by atoms with Gasteiger partial charge in [0.2, 0.25) is 0 Å². The predicted octanol–water partition coefficient (Wildman–Crippen LogP) is 9.24. The van der Waals surface area contributed by atoms with Crippen LogP contribution in [0.2, 0.25) is 0 Å². The monoisotopic (exact) mass is 913 g/mol. The van der Waals surface area contributed by atoms with Crippen LogP contribution in [0.3, 0.4) is 0 Å². The predicted molar refractivity (Wildman–Crippen MR) is 163 cm³/mol. The molecule has 16 heteroatoms. The zero-order chi connectivity index (χ0) is 37.6. The number of nitrogens with zero attached hydrogens (tertiary/aromatic N) is 3. The van der Waals surface area contributed by atoms with E-state index in [-0.39, 0.29) is 46.0 Å². The summed E-state index contributed by atoms with van der Waals surface area (Å²) in [5.41, 5.74) is -3.42. The molecule has 0 unspecified atom stereocenters. The van der Waals surface area contributed by atoms with Crippen LogP contribution in [0.15, 0.2) is 110 Å². The Morgan fingerprint density at radius 2 is 0.635 bits per heavy atom. The number of hydrogen-bond donors (Lipinski definition) is 0. The first-order valence-electron chi connectivity index (χ1n) is 14.5. The molecule has 3 nitrogen and oxygen atoms in total. The van der Waals surface area contributed by atoms with Crippen LogP contribution in [0.1, 0.15) is 16.7 Å². The van der Waals surface area contributed by atoms with Gasteiger partial charge in [0, 0.05) is 0 Å². The zero-order valence-electron chi connectivity index (χ0n) is 25.6. The van der Waals surface area contributed by atoms with Crippen molar-refractivity contribution in [2.45, 2.75) is 18.5 Å². The van der Waals surface area contributed by atoms with E-state index < -0.39 is 69.2 Å². The summed E-state index contributed by atoms with van der Waals surface area (Å²) in [5, 5.41) is 0. The Morgan fingerprint density at radius 1 is 0.365 bits per heavy atom. The van der Waals surface area contributed by atoms with E-state index in [1.54, 1.807) is 0 Å². The summed E-state index contributed by atoms with van der Waals surface area (Å²) >= 11 is -4.09. The van der Waals surface area contributed by atoms with Gasteiger partial charge in [-0.05, 0) is 0 Å². The van der Waals surface area contributed by atoms with E-state index in [4.69, 9.17) is 0 Å². The molecule has 3 heterocycles. The van der Waals surface area contributed by atoms with Gasteiger partial charge >= 0.3 is 292 Å². The second kappa shape index (κ2) is 13.8. The normalized spacial score (nSPS) is 12.6. The maximum absolute atomic E-state index is 15.3. The molecule has 0 saturated heterocycles. The van der Waals surface area contributed by atoms with E-state index >= 15 is 13.2 Å². The van der Waals surface area contributed by atoms with Crippen LogP contribution in [-0.4, -0.2) is 15.0 Å². The first kappa shape index (κ1) is 36.7. The van der Waals surface area contributed by atoms with E-state index in [2.05, 4.69) is 15.0 Å². The van der Waals surface area contributed by atoms with E-state index in [0.717, 1.165) is 72.8 Å². The average molecular weight is 913 g/mol. The Balaban J connectivity index is 1.67. The Morgan fingerprint density at radius 3 is 0.846 bits per heavy atom. The van der Waals surface area contributed by atoms with Crippen molar-refractivity contribution in [2.75, 3.05) is 0 Å². The molecule has 0 N–H and O–H groups in total. The molecule has 0 spiro atoms. The molecule has 0 aliphatic heterocycles. The topological polar surface area (TPSA) is 38.7 Å². The maximum atomic E-state index is 15.3. The fourth-order valence-electron chi connectivity index (χ4n) is 4.91. The van der Waals surface area contributed by atoms with Crippen molar-refractivity contribution in [2.24, 2.45) is 0 Å². The minimum atomic E-state index is -4.76. The van der Waals surface area contributed by atoms with Crippen molar-refractivity contribution in [1.82, 2.24) is 15.0 Å². The van der Waals surface area contributed by atoms with Crippen LogP contribution >= 0.6 is 0 Å². The van der Waals surface area contributed by atoms with Gasteiger partial charge < -0.3 is 0 Å². The van der Waals surface area contributed by atoms with Crippen molar-refractivity contribution in [3.63, 3.8) is 0 Å². The molecule has 6 rings (SSSR count). The number of hydrogen-bond acceptors (Lipinski definition) is 3. The standard InChI is InChI=1S/3C12H6F4N.Ir/c3*13-10-4-1-8(2-5-10)11-6-3-9(7-17-11)12(14,15)16;/h3*1,3-7H;. The van der Waals surface area contributed by atoms with Gasteiger partial charge in [-0.25, -0.2) is 0 Å². The van der Waals surface area contributed by atoms with E-state index in [9.17, 15) is 39.5 Å². The van der Waals surface area contributed by atoms with E-state index in [0.29, 0.717) is 18.6 Å². The number of alkyl halides is 9. The van der Waals surface area contributed by atoms with Crippen LogP contribution in [-0.2, 0) is 35.0 Å². The molecular weight excluding hydrogens is 895 g/mol. The first-order chi connectivity index (χ1) is 24.4. The molecule has 0 aliphatic rings. The molecule has 0 fully saturated rings. The SMILES string of the molecule is Fc1ccc(-c2ccc(C(F)(F)F)cn2)[c]([Ir]([c]2cc(F)ccc2-c2ccc(C(F)(F)F)cn2)[c]2cc(F)ccc2-c2ccc(C(F)(F)F)cn2)c1. The molecule has 270 valence electrons. The van der Waals surface area contributed by atoms with Crippen LogP contribution < -0.4 is 12.2 Å². The molecule has 6 aromatic rings. The number of rotatable bonds is 6. The van der Waals surface area contributed by atoms with Crippen molar-refractivity contribution in [3.05, 3.63) is 144 Å². The Labute approximate surface area is 291 Å². The van der Waals surface area contributed by atoms with Crippen LogP contribution in [0.25, 0.3) is 33.8 Å². The molecule has 0 radical (unpaired) electrons. The first-order valence-corrected chi connectivity index (χ1v) is 18.1. The molecule has 3 aromatic heterocycles. The van der Waals surface area contributed by atoms with Crippen molar-refractivity contribution in [1.29, 1.82) is 0 Å². The molecule has 0 bridgehead atoms. The van der Waals surface area contributed by atoms with Crippen molar-refractivity contribution < 1.29 is 69.2 Å². The summed E-state index contributed by atoms with van der Waals surface area (Å²) < 4.78 is 167. The van der Waals surface area contributed by atoms with Gasteiger partial charge in [-0.2, -0.15) is 0 Å². The van der Waals surface area contributed by atoms with Crippen LogP contribution in [0, 0.1) is 17.5 Å². The summed E-state index contributed by atoms with van der Waals surface area (Å²) in [6.07, 6.45) is -12.6. The number of benzene rings is 3. The Hall–Kier alpha value is -5.08. The molecule has 0 amide bonds. The number of halogens is 12. The number of pyridine rings is 3. The summed E-state index contributed by atoms with van der Waals surface area (Å²) in [6.45, 7) is 0.